The summed E-state index contributed by atoms with van der Waals surface area (Å²) in [6.45, 7) is 0. The predicted octanol–water partition coefficient (Wildman–Crippen LogP) is -0.828. The zero-order valence-electron chi connectivity index (χ0n) is 10.8. The van der Waals surface area contributed by atoms with Gasteiger partial charge in [0.2, 0.25) is 5.91 Å². The lowest BCUT2D eigenvalue weighted by Gasteiger charge is -2.41. The summed E-state index contributed by atoms with van der Waals surface area (Å²) >= 11 is 0. The molecule has 96 valence electrons. The molecule has 0 spiro atoms. The van der Waals surface area contributed by atoms with Crippen LogP contribution in [0, 0.1) is 0 Å². The van der Waals surface area contributed by atoms with E-state index in [1.165, 1.54) is 11.9 Å². The third-order valence-electron chi connectivity index (χ3n) is 3.24. The summed E-state index contributed by atoms with van der Waals surface area (Å²) in [5.74, 6) is -0.235. The Hall–Kier alpha value is -1.18. The van der Waals surface area contributed by atoms with Crippen molar-refractivity contribution in [1.29, 1.82) is 0 Å². The molecule has 0 saturated carbocycles. The number of likely N-dealkylation sites (N-methyl/N-ethyl adjacent to an activating group) is 2. The molecule has 7 heteroatoms. The van der Waals surface area contributed by atoms with Crippen molar-refractivity contribution in [2.75, 3.05) is 35.2 Å². The molecule has 3 amide bonds. The number of imide groups is 1. The van der Waals surface area contributed by atoms with Crippen LogP contribution in [0.2, 0.25) is 0 Å². The lowest BCUT2D eigenvalue weighted by atomic mass is 10.1. The van der Waals surface area contributed by atoms with Gasteiger partial charge in [0.05, 0.1) is 33.6 Å². The third-order valence-corrected chi connectivity index (χ3v) is 3.24. The third kappa shape index (κ3) is 1.80. The van der Waals surface area contributed by atoms with Gasteiger partial charge in [-0.15, -0.1) is 0 Å². The molecule has 7 nitrogen and oxygen atoms in total. The van der Waals surface area contributed by atoms with Crippen molar-refractivity contribution in [3.8, 4) is 0 Å². The highest BCUT2D eigenvalue weighted by Crippen LogP contribution is 2.29. The Bertz CT molecular complexity index is 364. The molecule has 17 heavy (non-hydrogen) atoms. The summed E-state index contributed by atoms with van der Waals surface area (Å²) in [5.41, 5.74) is 0. The van der Waals surface area contributed by atoms with E-state index in [0.717, 1.165) is 4.90 Å². The Kier molecular flexibility index (Phi) is 2.64. The maximum absolute atomic E-state index is 12.0. The molecular weight excluding hydrogens is 222 g/mol. The quantitative estimate of drug-likeness (QED) is 0.609. The molecule has 0 radical (unpaired) electrons. The van der Waals surface area contributed by atoms with Crippen molar-refractivity contribution in [2.45, 2.75) is 18.5 Å². The molecule has 0 aromatic rings. The molecule has 1 N–H and O–H groups in total. The number of amides is 3. The van der Waals surface area contributed by atoms with Crippen LogP contribution in [0.5, 0.6) is 0 Å². The molecule has 3 unspecified atom stereocenters. The first-order valence-corrected chi connectivity index (χ1v) is 5.55. The molecule has 0 aliphatic carbocycles. The van der Waals surface area contributed by atoms with Crippen LogP contribution in [-0.4, -0.2) is 80.0 Å². The zero-order chi connectivity index (χ0) is 13.0. The van der Waals surface area contributed by atoms with Crippen LogP contribution in [0.25, 0.3) is 5.32 Å². The maximum Gasteiger partial charge on any atom is 0.327 e. The second kappa shape index (κ2) is 3.66. The molecule has 2 fully saturated rings. The van der Waals surface area contributed by atoms with Gasteiger partial charge < -0.3 is 14.7 Å². The van der Waals surface area contributed by atoms with Crippen LogP contribution < -0.4 is 5.32 Å². The molecule has 2 saturated heterocycles. The first-order chi connectivity index (χ1) is 7.73. The van der Waals surface area contributed by atoms with E-state index in [0.29, 0.717) is 4.48 Å². The SMILES string of the molecule is CN1C(=O)C2[N-]C([N+](C)(C)C)NC2N(C)C1=O. The maximum atomic E-state index is 12.0. The summed E-state index contributed by atoms with van der Waals surface area (Å²) < 4.78 is 0.575. The number of carbonyl (C=O) groups is 2. The van der Waals surface area contributed by atoms with E-state index in [1.807, 2.05) is 21.1 Å². The van der Waals surface area contributed by atoms with Crippen LogP contribution in [-0.2, 0) is 4.79 Å². The summed E-state index contributed by atoms with van der Waals surface area (Å²) in [5, 5.41) is 7.70. The van der Waals surface area contributed by atoms with Crippen molar-refractivity contribution >= 4 is 11.9 Å². The number of hydrogen-bond donors (Lipinski definition) is 1. The second-order valence-electron chi connectivity index (χ2n) is 5.49. The smallest absolute Gasteiger partial charge is 0.327 e. The number of carbonyl (C=O) groups excluding carboxylic acids is 2. The van der Waals surface area contributed by atoms with Crippen LogP contribution >= 0.6 is 0 Å². The summed E-state index contributed by atoms with van der Waals surface area (Å²) in [6.07, 6.45) is -0.496. The first kappa shape index (κ1) is 12.3. The van der Waals surface area contributed by atoms with E-state index in [4.69, 9.17) is 0 Å². The van der Waals surface area contributed by atoms with Gasteiger partial charge >= 0.3 is 6.03 Å². The molecule has 0 aromatic heterocycles. The number of urea groups is 1. The topological polar surface area (TPSA) is 66.8 Å². The minimum atomic E-state index is -0.495. The van der Waals surface area contributed by atoms with Gasteiger partial charge in [-0.1, -0.05) is 0 Å². The number of nitrogens with one attached hydrogen (secondary N) is 1. The molecule has 0 aromatic carbocycles. The van der Waals surface area contributed by atoms with Crippen LogP contribution in [0.15, 0.2) is 0 Å². The molecule has 0 bridgehead atoms. The molecule has 2 aliphatic rings. The molecule has 3 atom stereocenters. The average molecular weight is 241 g/mol. The monoisotopic (exact) mass is 241 g/mol. The molecule has 2 aliphatic heterocycles. The number of rotatable bonds is 1. The van der Waals surface area contributed by atoms with Crippen LogP contribution in [0.1, 0.15) is 0 Å². The van der Waals surface area contributed by atoms with E-state index in [1.54, 1.807) is 7.05 Å². The van der Waals surface area contributed by atoms with E-state index >= 15 is 0 Å². The number of nitrogens with zero attached hydrogens (tertiary/aromatic N) is 4. The Morgan fingerprint density at radius 3 is 2.35 bits per heavy atom. The van der Waals surface area contributed by atoms with E-state index in [-0.39, 0.29) is 24.4 Å². The average Bonchev–Trinajstić information content (AvgIpc) is 2.67. The molecule has 2 heterocycles. The minimum Gasteiger partial charge on any atom is -0.582 e. The standard InChI is InChI=1S/C10H19N5O2/c1-13-7-6(8(16)14(2)10(13)17)11-9(12-7)15(3,4)5/h6-7,9,12H,1-5H3. The Morgan fingerprint density at radius 1 is 1.24 bits per heavy atom. The van der Waals surface area contributed by atoms with Gasteiger partial charge in [0.15, 0.2) is 0 Å². The molecule has 2 rings (SSSR count). The normalized spacial score (nSPS) is 34.3. The lowest BCUT2D eigenvalue weighted by molar-refractivity contribution is -0.893. The molecular formula is C10H19N5O2. The van der Waals surface area contributed by atoms with Gasteiger partial charge in [0, 0.05) is 14.1 Å². The van der Waals surface area contributed by atoms with Crippen molar-refractivity contribution in [3.05, 3.63) is 5.32 Å². The fourth-order valence-corrected chi connectivity index (χ4v) is 2.11. The van der Waals surface area contributed by atoms with E-state index in [2.05, 4.69) is 10.6 Å². The number of fused-ring (bicyclic) bond motifs is 1. The van der Waals surface area contributed by atoms with Crippen LogP contribution in [0.3, 0.4) is 0 Å². The Labute approximate surface area is 101 Å². The highest BCUT2D eigenvalue weighted by Gasteiger charge is 2.44. The number of quaternary nitrogens is 1. The van der Waals surface area contributed by atoms with Gasteiger partial charge in [-0.3, -0.25) is 15.0 Å². The van der Waals surface area contributed by atoms with Gasteiger partial charge in [0.1, 0.15) is 0 Å². The fourth-order valence-electron chi connectivity index (χ4n) is 2.11. The van der Waals surface area contributed by atoms with Gasteiger partial charge in [-0.2, -0.15) is 0 Å². The van der Waals surface area contributed by atoms with Crippen molar-refractivity contribution in [1.82, 2.24) is 15.1 Å². The van der Waals surface area contributed by atoms with Crippen LogP contribution in [0.4, 0.5) is 4.79 Å². The zero-order valence-corrected chi connectivity index (χ0v) is 10.8. The highest BCUT2D eigenvalue weighted by atomic mass is 16.2. The summed E-state index contributed by atoms with van der Waals surface area (Å²) in [6, 6.07) is -0.786. The van der Waals surface area contributed by atoms with E-state index in [9.17, 15) is 9.59 Å². The highest BCUT2D eigenvalue weighted by molar-refractivity contribution is 6.01. The predicted molar refractivity (Wildman–Crippen MR) is 61.8 cm³/mol. The van der Waals surface area contributed by atoms with Crippen molar-refractivity contribution < 1.29 is 14.1 Å². The van der Waals surface area contributed by atoms with Gasteiger partial charge in [0.25, 0.3) is 0 Å². The summed E-state index contributed by atoms with van der Waals surface area (Å²) in [4.78, 5) is 26.4. The fraction of sp³-hybridized carbons (Fsp3) is 0.800. The second-order valence-corrected chi connectivity index (χ2v) is 5.49. The van der Waals surface area contributed by atoms with Crippen molar-refractivity contribution in [3.63, 3.8) is 0 Å². The Morgan fingerprint density at radius 2 is 1.82 bits per heavy atom. The lowest BCUT2D eigenvalue weighted by Crippen LogP contribution is -2.63. The van der Waals surface area contributed by atoms with Gasteiger partial charge in [-0.05, 0) is 6.04 Å². The van der Waals surface area contributed by atoms with Gasteiger partial charge in [-0.25, -0.2) is 4.79 Å². The van der Waals surface area contributed by atoms with Crippen molar-refractivity contribution in [2.24, 2.45) is 0 Å². The number of hydrogen-bond acceptors (Lipinski definition) is 3. The Balaban J connectivity index is 2.24. The minimum absolute atomic E-state index is 0.171. The largest absolute Gasteiger partial charge is 0.582 e. The first-order valence-electron chi connectivity index (χ1n) is 5.55. The van der Waals surface area contributed by atoms with E-state index < -0.39 is 6.04 Å². The summed E-state index contributed by atoms with van der Waals surface area (Å²) in [7, 11) is 9.16.